The zero-order chi connectivity index (χ0) is 17.0. The van der Waals surface area contributed by atoms with Crippen LogP contribution in [-0.4, -0.2) is 13.0 Å². The van der Waals surface area contributed by atoms with Crippen molar-refractivity contribution in [2.45, 2.75) is 4.90 Å². The van der Waals surface area contributed by atoms with E-state index in [1.807, 2.05) is 60.7 Å². The second-order valence-corrected chi connectivity index (χ2v) is 6.69. The molecule has 0 saturated carbocycles. The van der Waals surface area contributed by atoms with Gasteiger partial charge in [0.15, 0.2) is 0 Å². The summed E-state index contributed by atoms with van der Waals surface area (Å²) < 4.78 is 32.3. The molecule has 0 spiro atoms. The van der Waals surface area contributed by atoms with Crippen molar-refractivity contribution in [2.24, 2.45) is 0 Å². The first-order valence-corrected chi connectivity index (χ1v) is 8.89. The summed E-state index contributed by atoms with van der Waals surface area (Å²) >= 11 is 0. The lowest BCUT2D eigenvalue weighted by Crippen LogP contribution is -2.00. The summed E-state index contributed by atoms with van der Waals surface area (Å²) in [4.78, 5) is -0.0987. The van der Waals surface area contributed by atoms with E-state index >= 15 is 0 Å². The van der Waals surface area contributed by atoms with Gasteiger partial charge in [-0.2, -0.15) is 8.42 Å². The van der Waals surface area contributed by atoms with Gasteiger partial charge in [0, 0.05) is 0 Å². The van der Waals surface area contributed by atoms with Crippen LogP contribution < -0.4 is 0 Å². The van der Waals surface area contributed by atoms with Gasteiger partial charge in [-0.3, -0.25) is 4.55 Å². The average Bonchev–Trinajstić information content (AvgIpc) is 2.60. The van der Waals surface area contributed by atoms with Crippen molar-refractivity contribution in [1.29, 1.82) is 0 Å². The van der Waals surface area contributed by atoms with Crippen LogP contribution >= 0.6 is 0 Å². The average molecular weight is 336 g/mol. The molecule has 24 heavy (non-hydrogen) atoms. The van der Waals surface area contributed by atoms with E-state index in [0.29, 0.717) is 5.56 Å². The Morgan fingerprint density at radius 1 is 0.667 bits per heavy atom. The largest absolute Gasteiger partial charge is 0.295 e. The molecule has 0 fully saturated rings. The van der Waals surface area contributed by atoms with Gasteiger partial charge in [0.2, 0.25) is 0 Å². The summed E-state index contributed by atoms with van der Waals surface area (Å²) in [5.74, 6) is 0. The summed E-state index contributed by atoms with van der Waals surface area (Å²) in [6.45, 7) is 0. The Hall–Kier alpha value is -2.69. The van der Waals surface area contributed by atoms with Crippen LogP contribution in [-0.2, 0) is 10.1 Å². The highest BCUT2D eigenvalue weighted by Gasteiger charge is 2.12. The smallest absolute Gasteiger partial charge is 0.282 e. The number of rotatable bonds is 4. The molecule has 4 heteroatoms. The fourth-order valence-corrected chi connectivity index (χ4v) is 3.24. The van der Waals surface area contributed by atoms with Crippen LogP contribution in [0.5, 0.6) is 0 Å². The lowest BCUT2D eigenvalue weighted by Gasteiger charge is -2.07. The van der Waals surface area contributed by atoms with Crippen LogP contribution in [0.15, 0.2) is 83.8 Å². The summed E-state index contributed by atoms with van der Waals surface area (Å²) in [6.07, 6.45) is 3.55. The molecule has 0 saturated heterocycles. The third-order valence-corrected chi connectivity index (χ3v) is 4.61. The van der Waals surface area contributed by atoms with Gasteiger partial charge in [0.25, 0.3) is 10.1 Å². The van der Waals surface area contributed by atoms with Gasteiger partial charge >= 0.3 is 0 Å². The fraction of sp³-hybridized carbons (Fsp3) is 0. The molecule has 0 atom stereocenters. The fourth-order valence-electron chi connectivity index (χ4n) is 2.56. The van der Waals surface area contributed by atoms with Gasteiger partial charge in [0.05, 0.1) is 0 Å². The molecule has 3 aromatic rings. The molecule has 0 radical (unpaired) electrons. The van der Waals surface area contributed by atoms with Crippen molar-refractivity contribution in [3.8, 4) is 11.1 Å². The second-order valence-electron chi connectivity index (χ2n) is 5.30. The zero-order valence-corrected chi connectivity index (χ0v) is 13.6. The van der Waals surface area contributed by atoms with Crippen molar-refractivity contribution < 1.29 is 13.0 Å². The molecule has 120 valence electrons. The van der Waals surface area contributed by atoms with E-state index in [-0.39, 0.29) is 4.90 Å². The summed E-state index contributed by atoms with van der Waals surface area (Å²) in [5.41, 5.74) is 3.55. The highest BCUT2D eigenvalue weighted by Crippen LogP contribution is 2.26. The van der Waals surface area contributed by atoms with Crippen molar-refractivity contribution in [3.05, 3.63) is 90.0 Å². The third-order valence-electron chi connectivity index (χ3n) is 3.68. The molecule has 0 aliphatic heterocycles. The van der Waals surface area contributed by atoms with Crippen LogP contribution in [0.1, 0.15) is 11.1 Å². The van der Waals surface area contributed by atoms with Crippen molar-refractivity contribution >= 4 is 22.3 Å². The SMILES string of the molecule is O=S(=O)(O)c1ccccc1/C=C/c1ccccc1-c1ccccc1. The quantitative estimate of drug-likeness (QED) is 0.551. The molecule has 0 heterocycles. The van der Waals surface area contributed by atoms with Gasteiger partial charge in [-0.25, -0.2) is 0 Å². The van der Waals surface area contributed by atoms with Gasteiger partial charge in [0.1, 0.15) is 4.90 Å². The number of hydrogen-bond acceptors (Lipinski definition) is 2. The molecular formula is C20H16O3S. The summed E-state index contributed by atoms with van der Waals surface area (Å²) in [6, 6.07) is 24.2. The van der Waals surface area contributed by atoms with Crippen LogP contribution in [0.2, 0.25) is 0 Å². The molecule has 3 rings (SSSR count). The summed E-state index contributed by atoms with van der Waals surface area (Å²) in [7, 11) is -4.25. The van der Waals surface area contributed by atoms with Crippen molar-refractivity contribution in [2.75, 3.05) is 0 Å². The second kappa shape index (κ2) is 6.83. The molecule has 0 aromatic heterocycles. The molecular weight excluding hydrogens is 320 g/mol. The van der Waals surface area contributed by atoms with Gasteiger partial charge in [-0.15, -0.1) is 0 Å². The third kappa shape index (κ3) is 3.62. The van der Waals surface area contributed by atoms with E-state index < -0.39 is 10.1 Å². The Labute approximate surface area is 141 Å². The van der Waals surface area contributed by atoms with Gasteiger partial charge in [-0.1, -0.05) is 84.9 Å². The predicted molar refractivity (Wildman–Crippen MR) is 97.1 cm³/mol. The number of benzene rings is 3. The minimum atomic E-state index is -4.25. The van der Waals surface area contributed by atoms with E-state index in [4.69, 9.17) is 0 Å². The molecule has 0 bridgehead atoms. The monoisotopic (exact) mass is 336 g/mol. The maximum atomic E-state index is 11.5. The first-order valence-electron chi connectivity index (χ1n) is 7.45. The minimum absolute atomic E-state index is 0.0987. The number of hydrogen-bond donors (Lipinski definition) is 1. The molecule has 0 unspecified atom stereocenters. The Morgan fingerprint density at radius 3 is 1.92 bits per heavy atom. The van der Waals surface area contributed by atoms with E-state index in [2.05, 4.69) is 0 Å². The predicted octanol–water partition coefficient (Wildman–Crippen LogP) is 4.77. The topological polar surface area (TPSA) is 54.4 Å². The van der Waals surface area contributed by atoms with Crippen LogP contribution in [0.25, 0.3) is 23.3 Å². The van der Waals surface area contributed by atoms with Crippen LogP contribution in [0.4, 0.5) is 0 Å². The van der Waals surface area contributed by atoms with E-state index in [0.717, 1.165) is 16.7 Å². The van der Waals surface area contributed by atoms with E-state index in [1.165, 1.54) is 6.07 Å². The first kappa shape index (κ1) is 16.2. The Kier molecular flexibility index (Phi) is 4.60. The van der Waals surface area contributed by atoms with Crippen LogP contribution in [0, 0.1) is 0 Å². The summed E-state index contributed by atoms with van der Waals surface area (Å²) in [5, 5.41) is 0. The Balaban J connectivity index is 2.04. The van der Waals surface area contributed by atoms with Gasteiger partial charge in [-0.05, 0) is 28.3 Å². The van der Waals surface area contributed by atoms with E-state index in [9.17, 15) is 13.0 Å². The molecule has 0 amide bonds. The standard InChI is InChI=1S/C20H16O3S/c21-24(22,23)20-13-7-5-11-18(20)15-14-17-10-4-6-12-19(17)16-8-2-1-3-9-16/h1-15H,(H,21,22,23)/b15-14+. The molecule has 0 aliphatic carbocycles. The molecule has 3 aromatic carbocycles. The molecule has 3 nitrogen and oxygen atoms in total. The Bertz CT molecular complexity index is 975. The lowest BCUT2D eigenvalue weighted by molar-refractivity contribution is 0.483. The Morgan fingerprint density at radius 2 is 1.21 bits per heavy atom. The first-order chi connectivity index (χ1) is 11.6. The maximum Gasteiger partial charge on any atom is 0.295 e. The normalized spacial score (nSPS) is 11.7. The highest BCUT2D eigenvalue weighted by molar-refractivity contribution is 7.85. The highest BCUT2D eigenvalue weighted by atomic mass is 32.2. The van der Waals surface area contributed by atoms with Crippen molar-refractivity contribution in [1.82, 2.24) is 0 Å². The lowest BCUT2D eigenvalue weighted by atomic mass is 9.99. The maximum absolute atomic E-state index is 11.5. The van der Waals surface area contributed by atoms with Gasteiger partial charge < -0.3 is 0 Å². The van der Waals surface area contributed by atoms with Crippen LogP contribution in [0.3, 0.4) is 0 Å². The van der Waals surface area contributed by atoms with E-state index in [1.54, 1.807) is 24.3 Å². The minimum Gasteiger partial charge on any atom is -0.282 e. The van der Waals surface area contributed by atoms with Crippen molar-refractivity contribution in [3.63, 3.8) is 0 Å². The zero-order valence-electron chi connectivity index (χ0n) is 12.8. The molecule has 0 aliphatic rings. The molecule has 1 N–H and O–H groups in total.